The molecule has 2 heteroatoms. The molecule has 0 aromatic heterocycles. The first kappa shape index (κ1) is 12.0. The van der Waals surface area contributed by atoms with E-state index in [0.717, 1.165) is 17.3 Å². The van der Waals surface area contributed by atoms with E-state index in [4.69, 9.17) is 11.6 Å². The van der Waals surface area contributed by atoms with Gasteiger partial charge in [0.15, 0.2) is 0 Å². The minimum absolute atomic E-state index is 0.776. The van der Waals surface area contributed by atoms with Crippen LogP contribution >= 0.6 is 11.6 Å². The standard InChI is InChI=1S/C15H16ClN/c1-11-7-8-15(14(16)9-11)17-10-13-6-4-3-5-12(13)2/h3-9,17H,10H2,1-2H3. The summed E-state index contributed by atoms with van der Waals surface area (Å²) in [5.74, 6) is 0. The number of hydrogen-bond acceptors (Lipinski definition) is 1. The van der Waals surface area contributed by atoms with Gasteiger partial charge in [-0.15, -0.1) is 0 Å². The summed E-state index contributed by atoms with van der Waals surface area (Å²) in [6.45, 7) is 4.96. The molecule has 0 amide bonds. The summed E-state index contributed by atoms with van der Waals surface area (Å²) in [7, 11) is 0. The number of nitrogens with one attached hydrogen (secondary N) is 1. The van der Waals surface area contributed by atoms with Crippen LogP contribution in [0.25, 0.3) is 0 Å². The second-order valence-corrected chi connectivity index (χ2v) is 4.67. The van der Waals surface area contributed by atoms with Gasteiger partial charge < -0.3 is 5.32 Å². The number of aryl methyl sites for hydroxylation is 2. The highest BCUT2D eigenvalue weighted by Crippen LogP contribution is 2.23. The molecule has 1 N–H and O–H groups in total. The molecule has 0 radical (unpaired) electrons. The molecule has 0 aliphatic rings. The van der Waals surface area contributed by atoms with Crippen molar-refractivity contribution in [3.05, 3.63) is 64.2 Å². The van der Waals surface area contributed by atoms with E-state index in [-0.39, 0.29) is 0 Å². The van der Waals surface area contributed by atoms with Crippen LogP contribution in [0, 0.1) is 13.8 Å². The lowest BCUT2D eigenvalue weighted by Crippen LogP contribution is -2.01. The molecule has 17 heavy (non-hydrogen) atoms. The largest absolute Gasteiger partial charge is 0.380 e. The van der Waals surface area contributed by atoms with Crippen molar-refractivity contribution in [2.24, 2.45) is 0 Å². The maximum Gasteiger partial charge on any atom is 0.0640 e. The first-order valence-corrected chi connectivity index (χ1v) is 6.09. The van der Waals surface area contributed by atoms with E-state index in [1.807, 2.05) is 19.1 Å². The maximum absolute atomic E-state index is 6.17. The number of halogens is 1. The lowest BCUT2D eigenvalue weighted by atomic mass is 10.1. The molecule has 0 fully saturated rings. The normalized spacial score (nSPS) is 10.3. The molecule has 0 atom stereocenters. The van der Waals surface area contributed by atoms with E-state index in [1.54, 1.807) is 0 Å². The molecule has 1 nitrogen and oxygen atoms in total. The Labute approximate surface area is 107 Å². The first-order valence-electron chi connectivity index (χ1n) is 5.71. The van der Waals surface area contributed by atoms with Gasteiger partial charge in [0.25, 0.3) is 0 Å². The Hall–Kier alpha value is -1.47. The third-order valence-corrected chi connectivity index (χ3v) is 3.17. The van der Waals surface area contributed by atoms with Gasteiger partial charge in [0, 0.05) is 6.54 Å². The topological polar surface area (TPSA) is 12.0 Å². The zero-order valence-electron chi connectivity index (χ0n) is 10.1. The predicted octanol–water partition coefficient (Wildman–Crippen LogP) is 4.57. The Morgan fingerprint density at radius 2 is 1.82 bits per heavy atom. The molecular weight excluding hydrogens is 230 g/mol. The van der Waals surface area contributed by atoms with Crippen molar-refractivity contribution in [2.75, 3.05) is 5.32 Å². The fourth-order valence-electron chi connectivity index (χ4n) is 1.76. The Morgan fingerprint density at radius 3 is 2.53 bits per heavy atom. The van der Waals surface area contributed by atoms with Gasteiger partial charge in [-0.25, -0.2) is 0 Å². The summed E-state index contributed by atoms with van der Waals surface area (Å²) in [6, 6.07) is 14.4. The van der Waals surface area contributed by atoms with Gasteiger partial charge in [-0.1, -0.05) is 41.9 Å². The van der Waals surface area contributed by atoms with Gasteiger partial charge in [0.1, 0.15) is 0 Å². The SMILES string of the molecule is Cc1ccc(NCc2ccccc2C)c(Cl)c1. The summed E-state index contributed by atoms with van der Waals surface area (Å²) in [4.78, 5) is 0. The highest BCUT2D eigenvalue weighted by atomic mass is 35.5. The molecule has 0 bridgehead atoms. The van der Waals surface area contributed by atoms with Crippen molar-refractivity contribution in [2.45, 2.75) is 20.4 Å². The zero-order chi connectivity index (χ0) is 12.3. The Bertz CT molecular complexity index is 520. The molecular formula is C15H16ClN. The number of hydrogen-bond donors (Lipinski definition) is 1. The van der Waals surface area contributed by atoms with E-state index < -0.39 is 0 Å². The summed E-state index contributed by atoms with van der Waals surface area (Å²) in [5, 5.41) is 4.14. The highest BCUT2D eigenvalue weighted by Gasteiger charge is 2.01. The molecule has 0 unspecified atom stereocenters. The fourth-order valence-corrected chi connectivity index (χ4v) is 2.06. The predicted molar refractivity (Wildman–Crippen MR) is 74.7 cm³/mol. The van der Waals surface area contributed by atoms with Crippen LogP contribution in [-0.2, 0) is 6.54 Å². The van der Waals surface area contributed by atoms with E-state index in [0.29, 0.717) is 0 Å². The average Bonchev–Trinajstić information content (AvgIpc) is 2.30. The van der Waals surface area contributed by atoms with Crippen LogP contribution in [0.5, 0.6) is 0 Å². The van der Waals surface area contributed by atoms with E-state index in [2.05, 4.69) is 42.6 Å². The lowest BCUT2D eigenvalue weighted by molar-refractivity contribution is 1.12. The number of benzene rings is 2. The maximum atomic E-state index is 6.17. The van der Waals surface area contributed by atoms with Crippen LogP contribution in [0.15, 0.2) is 42.5 Å². The Kier molecular flexibility index (Phi) is 3.70. The van der Waals surface area contributed by atoms with E-state index in [9.17, 15) is 0 Å². The molecule has 0 saturated heterocycles. The molecule has 0 aliphatic heterocycles. The first-order chi connectivity index (χ1) is 8.16. The van der Waals surface area contributed by atoms with Gasteiger partial charge >= 0.3 is 0 Å². The van der Waals surface area contributed by atoms with E-state index >= 15 is 0 Å². The number of anilines is 1. The second-order valence-electron chi connectivity index (χ2n) is 4.26. The van der Waals surface area contributed by atoms with Gasteiger partial charge in [0.2, 0.25) is 0 Å². The Balaban J connectivity index is 2.10. The monoisotopic (exact) mass is 245 g/mol. The van der Waals surface area contributed by atoms with E-state index in [1.165, 1.54) is 16.7 Å². The van der Waals surface area contributed by atoms with Crippen molar-refractivity contribution < 1.29 is 0 Å². The van der Waals surface area contributed by atoms with Crippen LogP contribution in [0.1, 0.15) is 16.7 Å². The molecule has 88 valence electrons. The van der Waals surface area contributed by atoms with Crippen molar-refractivity contribution in [3.63, 3.8) is 0 Å². The van der Waals surface area contributed by atoms with Crippen LogP contribution in [-0.4, -0.2) is 0 Å². The molecule has 2 aromatic carbocycles. The van der Waals surface area contributed by atoms with Crippen LogP contribution in [0.3, 0.4) is 0 Å². The zero-order valence-corrected chi connectivity index (χ0v) is 10.9. The van der Waals surface area contributed by atoms with Crippen molar-refractivity contribution in [3.8, 4) is 0 Å². The molecule has 0 aliphatic carbocycles. The quantitative estimate of drug-likeness (QED) is 0.835. The number of rotatable bonds is 3. The summed E-state index contributed by atoms with van der Waals surface area (Å²) >= 11 is 6.17. The third-order valence-electron chi connectivity index (χ3n) is 2.86. The molecule has 2 aromatic rings. The minimum Gasteiger partial charge on any atom is -0.380 e. The lowest BCUT2D eigenvalue weighted by Gasteiger charge is -2.10. The van der Waals surface area contributed by atoms with Gasteiger partial charge in [-0.3, -0.25) is 0 Å². The average molecular weight is 246 g/mol. The molecule has 0 heterocycles. The summed E-state index contributed by atoms with van der Waals surface area (Å²) in [5.41, 5.74) is 4.75. The fraction of sp³-hybridized carbons (Fsp3) is 0.200. The third kappa shape index (κ3) is 3.01. The Morgan fingerprint density at radius 1 is 1.06 bits per heavy atom. The van der Waals surface area contributed by atoms with Crippen LogP contribution in [0.4, 0.5) is 5.69 Å². The van der Waals surface area contributed by atoms with Crippen molar-refractivity contribution in [1.82, 2.24) is 0 Å². The molecule has 0 spiro atoms. The second kappa shape index (κ2) is 5.24. The van der Waals surface area contributed by atoms with Gasteiger partial charge in [0.05, 0.1) is 10.7 Å². The minimum atomic E-state index is 0.776. The summed E-state index contributed by atoms with van der Waals surface area (Å²) in [6.07, 6.45) is 0. The smallest absolute Gasteiger partial charge is 0.0640 e. The van der Waals surface area contributed by atoms with Gasteiger partial charge in [-0.2, -0.15) is 0 Å². The highest BCUT2D eigenvalue weighted by molar-refractivity contribution is 6.33. The molecule has 0 saturated carbocycles. The van der Waals surface area contributed by atoms with Crippen molar-refractivity contribution >= 4 is 17.3 Å². The van der Waals surface area contributed by atoms with Gasteiger partial charge in [-0.05, 0) is 42.7 Å². The summed E-state index contributed by atoms with van der Waals surface area (Å²) < 4.78 is 0. The molecule has 2 rings (SSSR count). The van der Waals surface area contributed by atoms with Crippen LogP contribution < -0.4 is 5.32 Å². The van der Waals surface area contributed by atoms with Crippen molar-refractivity contribution in [1.29, 1.82) is 0 Å². The van der Waals surface area contributed by atoms with Crippen LogP contribution in [0.2, 0.25) is 5.02 Å².